The summed E-state index contributed by atoms with van der Waals surface area (Å²) in [5.41, 5.74) is 5.20. The normalized spacial score (nSPS) is 16.4. The molecule has 0 spiro atoms. The Labute approximate surface area is 92.7 Å². The minimum atomic E-state index is -3.46. The molecule has 0 aromatic carbocycles. The van der Waals surface area contributed by atoms with Gasteiger partial charge in [0.1, 0.15) is 6.04 Å². The molecule has 0 amide bonds. The SMILES string of the molecule is N[C@@H](CCCP(=O)(O)CCC(=O)O)C(=O)O. The van der Waals surface area contributed by atoms with Gasteiger partial charge in [0.2, 0.25) is 7.37 Å². The first kappa shape index (κ1) is 15.1. The molecule has 0 aliphatic carbocycles. The van der Waals surface area contributed by atoms with Gasteiger partial charge >= 0.3 is 11.9 Å². The molecule has 0 aliphatic heterocycles. The fourth-order valence-electron chi connectivity index (χ4n) is 1.06. The second-order valence-corrected chi connectivity index (χ2v) is 6.11. The van der Waals surface area contributed by atoms with Crippen LogP contribution in [0.25, 0.3) is 0 Å². The molecule has 0 saturated heterocycles. The molecule has 0 aromatic rings. The first-order valence-corrected chi connectivity index (χ1v) is 6.78. The second kappa shape index (κ2) is 6.62. The van der Waals surface area contributed by atoms with Crippen LogP contribution in [0.4, 0.5) is 0 Å². The smallest absolute Gasteiger partial charge is 0.320 e. The van der Waals surface area contributed by atoms with Gasteiger partial charge in [0.15, 0.2) is 0 Å². The lowest BCUT2D eigenvalue weighted by Gasteiger charge is -2.11. The van der Waals surface area contributed by atoms with Crippen LogP contribution in [0.2, 0.25) is 0 Å². The van der Waals surface area contributed by atoms with Crippen molar-refractivity contribution in [2.24, 2.45) is 5.73 Å². The Balaban J connectivity index is 3.86. The maximum Gasteiger partial charge on any atom is 0.320 e. The molecule has 0 heterocycles. The van der Waals surface area contributed by atoms with E-state index in [0.29, 0.717) is 0 Å². The molecule has 0 bridgehead atoms. The standard InChI is InChI=1S/C8H16NO6P/c9-6(8(12)13)2-1-4-16(14,15)5-3-7(10)11/h6H,1-5,9H2,(H,10,11)(H,12,13)(H,14,15)/t6-/m0/s1. The Morgan fingerprint density at radius 2 is 1.81 bits per heavy atom. The summed E-state index contributed by atoms with van der Waals surface area (Å²) in [7, 11) is -3.46. The van der Waals surface area contributed by atoms with E-state index in [1.165, 1.54) is 0 Å². The van der Waals surface area contributed by atoms with Gasteiger partial charge in [-0.1, -0.05) is 0 Å². The summed E-state index contributed by atoms with van der Waals surface area (Å²) in [6.07, 6.45) is -0.446. The van der Waals surface area contributed by atoms with E-state index in [-0.39, 0.29) is 31.6 Å². The van der Waals surface area contributed by atoms with Crippen molar-refractivity contribution in [3.8, 4) is 0 Å². The van der Waals surface area contributed by atoms with Crippen LogP contribution >= 0.6 is 7.37 Å². The van der Waals surface area contributed by atoms with Crippen LogP contribution < -0.4 is 5.73 Å². The predicted molar refractivity (Wildman–Crippen MR) is 56.7 cm³/mol. The minimum Gasteiger partial charge on any atom is -0.481 e. The summed E-state index contributed by atoms with van der Waals surface area (Å²) in [6.45, 7) is 0. The fourth-order valence-corrected chi connectivity index (χ4v) is 2.50. The van der Waals surface area contributed by atoms with Crippen molar-refractivity contribution >= 4 is 19.3 Å². The molecule has 0 saturated carbocycles. The van der Waals surface area contributed by atoms with Gasteiger partial charge in [-0.2, -0.15) is 0 Å². The summed E-state index contributed by atoms with van der Waals surface area (Å²) >= 11 is 0. The number of hydrogen-bond acceptors (Lipinski definition) is 4. The molecule has 94 valence electrons. The molecule has 2 atom stereocenters. The van der Waals surface area contributed by atoms with Gasteiger partial charge in [-0.05, 0) is 12.8 Å². The fraction of sp³-hybridized carbons (Fsp3) is 0.750. The van der Waals surface area contributed by atoms with E-state index >= 15 is 0 Å². The lowest BCUT2D eigenvalue weighted by molar-refractivity contribution is -0.139. The number of aliphatic carboxylic acids is 2. The third kappa shape index (κ3) is 7.39. The highest BCUT2D eigenvalue weighted by molar-refractivity contribution is 7.58. The van der Waals surface area contributed by atoms with E-state index in [2.05, 4.69) is 0 Å². The van der Waals surface area contributed by atoms with Gasteiger partial charge in [0.25, 0.3) is 0 Å². The molecule has 5 N–H and O–H groups in total. The maximum absolute atomic E-state index is 11.4. The molecular weight excluding hydrogens is 237 g/mol. The molecule has 0 aliphatic rings. The number of nitrogens with two attached hydrogens (primary N) is 1. The van der Waals surface area contributed by atoms with E-state index in [1.807, 2.05) is 0 Å². The second-order valence-electron chi connectivity index (χ2n) is 3.52. The van der Waals surface area contributed by atoms with Crippen LogP contribution in [0.15, 0.2) is 0 Å². The minimum absolute atomic E-state index is 0.0960. The third-order valence-corrected chi connectivity index (χ3v) is 3.95. The van der Waals surface area contributed by atoms with Crippen molar-refractivity contribution in [1.29, 1.82) is 0 Å². The van der Waals surface area contributed by atoms with Crippen LogP contribution in [0.1, 0.15) is 19.3 Å². The summed E-state index contributed by atoms with van der Waals surface area (Å²) in [5, 5.41) is 16.8. The Morgan fingerprint density at radius 3 is 2.25 bits per heavy atom. The third-order valence-electron chi connectivity index (χ3n) is 2.01. The van der Waals surface area contributed by atoms with E-state index < -0.39 is 25.3 Å². The van der Waals surface area contributed by atoms with Crippen LogP contribution in [0.3, 0.4) is 0 Å². The number of hydrogen-bond donors (Lipinski definition) is 4. The van der Waals surface area contributed by atoms with Gasteiger partial charge in [0.05, 0.1) is 6.42 Å². The molecular formula is C8H16NO6P. The van der Waals surface area contributed by atoms with Gasteiger partial charge in [-0.15, -0.1) is 0 Å². The maximum atomic E-state index is 11.4. The van der Waals surface area contributed by atoms with Crippen molar-refractivity contribution in [2.75, 3.05) is 12.3 Å². The number of carbonyl (C=O) groups is 2. The van der Waals surface area contributed by atoms with E-state index in [0.717, 1.165) is 0 Å². The van der Waals surface area contributed by atoms with Crippen LogP contribution in [0.5, 0.6) is 0 Å². The summed E-state index contributed by atoms with van der Waals surface area (Å²) < 4.78 is 11.4. The first-order valence-electron chi connectivity index (χ1n) is 4.75. The number of rotatable bonds is 8. The first-order chi connectivity index (χ1) is 7.24. The van der Waals surface area contributed by atoms with E-state index in [4.69, 9.17) is 15.9 Å². The van der Waals surface area contributed by atoms with Crippen molar-refractivity contribution in [2.45, 2.75) is 25.3 Å². The Bertz CT molecular complexity index is 305. The van der Waals surface area contributed by atoms with Gasteiger partial charge < -0.3 is 20.8 Å². The Hall–Kier alpha value is -0.910. The van der Waals surface area contributed by atoms with Crippen LogP contribution in [0, 0.1) is 0 Å². The average Bonchev–Trinajstić information content (AvgIpc) is 2.14. The predicted octanol–water partition coefficient (Wildman–Crippen LogP) is -0.0764. The van der Waals surface area contributed by atoms with Crippen molar-refractivity contribution < 1.29 is 29.3 Å². The topological polar surface area (TPSA) is 138 Å². The Kier molecular flexibility index (Phi) is 6.25. The zero-order valence-corrected chi connectivity index (χ0v) is 9.60. The van der Waals surface area contributed by atoms with Gasteiger partial charge in [-0.3, -0.25) is 14.2 Å². The molecule has 1 unspecified atom stereocenters. The van der Waals surface area contributed by atoms with E-state index in [1.54, 1.807) is 0 Å². The van der Waals surface area contributed by atoms with Gasteiger partial charge in [0, 0.05) is 12.3 Å². The lowest BCUT2D eigenvalue weighted by atomic mass is 10.2. The molecule has 0 aromatic heterocycles. The largest absolute Gasteiger partial charge is 0.481 e. The van der Waals surface area contributed by atoms with Crippen LogP contribution in [-0.4, -0.2) is 45.4 Å². The molecule has 8 heteroatoms. The monoisotopic (exact) mass is 253 g/mol. The highest BCUT2D eigenvalue weighted by Gasteiger charge is 2.20. The van der Waals surface area contributed by atoms with Gasteiger partial charge in [-0.25, -0.2) is 0 Å². The lowest BCUT2D eigenvalue weighted by Crippen LogP contribution is -2.30. The Morgan fingerprint density at radius 1 is 1.25 bits per heavy atom. The molecule has 0 fully saturated rings. The zero-order chi connectivity index (χ0) is 12.8. The highest BCUT2D eigenvalue weighted by atomic mass is 31.2. The zero-order valence-electron chi connectivity index (χ0n) is 8.70. The number of carboxylic acid groups (broad SMARTS) is 2. The quantitative estimate of drug-likeness (QED) is 0.444. The number of carboxylic acids is 2. The summed E-state index contributed by atoms with van der Waals surface area (Å²) in [4.78, 5) is 29.8. The summed E-state index contributed by atoms with van der Waals surface area (Å²) in [5.74, 6) is -2.28. The molecule has 0 radical (unpaired) electrons. The average molecular weight is 253 g/mol. The molecule has 7 nitrogen and oxygen atoms in total. The van der Waals surface area contributed by atoms with Crippen LogP contribution in [-0.2, 0) is 14.2 Å². The van der Waals surface area contributed by atoms with Crippen molar-refractivity contribution in [3.63, 3.8) is 0 Å². The highest BCUT2D eigenvalue weighted by Crippen LogP contribution is 2.41. The molecule has 16 heavy (non-hydrogen) atoms. The summed E-state index contributed by atoms with van der Waals surface area (Å²) in [6, 6.07) is -1.04. The molecule has 0 rings (SSSR count). The van der Waals surface area contributed by atoms with Crippen molar-refractivity contribution in [3.05, 3.63) is 0 Å². The van der Waals surface area contributed by atoms with Crippen molar-refractivity contribution in [1.82, 2.24) is 0 Å². The van der Waals surface area contributed by atoms with E-state index in [9.17, 15) is 19.0 Å².